The maximum absolute atomic E-state index is 11.8. The number of rotatable bonds is 4. The number of halogens is 2. The first kappa shape index (κ1) is 10.2. The van der Waals surface area contributed by atoms with Gasteiger partial charge in [0.25, 0.3) is 0 Å². The SMILES string of the molecule is O=Cc1cccc(Br)c1OCCF. The Kier molecular flexibility index (Phi) is 3.89. The Morgan fingerprint density at radius 2 is 2.31 bits per heavy atom. The summed E-state index contributed by atoms with van der Waals surface area (Å²) in [5.74, 6) is 0.398. The van der Waals surface area contributed by atoms with Gasteiger partial charge in [-0.3, -0.25) is 4.79 Å². The zero-order chi connectivity index (χ0) is 9.68. The Bertz CT molecular complexity index is 302. The van der Waals surface area contributed by atoms with Crippen molar-refractivity contribution in [1.82, 2.24) is 0 Å². The largest absolute Gasteiger partial charge is 0.489 e. The highest BCUT2D eigenvalue weighted by molar-refractivity contribution is 9.10. The molecule has 4 heteroatoms. The molecule has 0 bridgehead atoms. The molecule has 0 atom stereocenters. The first-order valence-corrected chi connectivity index (χ1v) is 4.51. The highest BCUT2D eigenvalue weighted by atomic mass is 79.9. The normalized spacial score (nSPS) is 9.69. The van der Waals surface area contributed by atoms with Crippen molar-refractivity contribution in [2.45, 2.75) is 0 Å². The monoisotopic (exact) mass is 246 g/mol. The van der Waals surface area contributed by atoms with Crippen molar-refractivity contribution in [2.24, 2.45) is 0 Å². The van der Waals surface area contributed by atoms with E-state index >= 15 is 0 Å². The summed E-state index contributed by atoms with van der Waals surface area (Å²) in [5.41, 5.74) is 0.419. The topological polar surface area (TPSA) is 26.3 Å². The van der Waals surface area contributed by atoms with Crippen LogP contribution in [0.25, 0.3) is 0 Å². The first-order valence-electron chi connectivity index (χ1n) is 3.72. The van der Waals surface area contributed by atoms with Crippen LogP contribution < -0.4 is 4.74 Å². The highest BCUT2D eigenvalue weighted by Gasteiger charge is 2.06. The lowest BCUT2D eigenvalue weighted by Crippen LogP contribution is -2.01. The predicted molar refractivity (Wildman–Crippen MR) is 51.0 cm³/mol. The van der Waals surface area contributed by atoms with E-state index < -0.39 is 6.67 Å². The molecule has 13 heavy (non-hydrogen) atoms. The summed E-state index contributed by atoms with van der Waals surface area (Å²) in [6.07, 6.45) is 0.679. The summed E-state index contributed by atoms with van der Waals surface area (Å²) < 4.78 is 17.5. The van der Waals surface area contributed by atoms with Crippen LogP contribution in [0, 0.1) is 0 Å². The van der Waals surface area contributed by atoms with Gasteiger partial charge in [-0.05, 0) is 28.1 Å². The fraction of sp³-hybridized carbons (Fsp3) is 0.222. The lowest BCUT2D eigenvalue weighted by Gasteiger charge is -2.07. The summed E-state index contributed by atoms with van der Waals surface area (Å²) in [4.78, 5) is 10.5. The molecule has 0 aliphatic heterocycles. The van der Waals surface area contributed by atoms with Crippen molar-refractivity contribution < 1.29 is 13.9 Å². The molecule has 0 saturated carbocycles. The molecule has 0 radical (unpaired) electrons. The van der Waals surface area contributed by atoms with Crippen molar-refractivity contribution in [3.8, 4) is 5.75 Å². The Balaban J connectivity index is 2.93. The van der Waals surface area contributed by atoms with E-state index in [1.54, 1.807) is 18.2 Å². The summed E-state index contributed by atoms with van der Waals surface area (Å²) in [5, 5.41) is 0. The van der Waals surface area contributed by atoms with Gasteiger partial charge in [0.05, 0.1) is 10.0 Å². The summed E-state index contributed by atoms with van der Waals surface area (Å²) >= 11 is 3.21. The smallest absolute Gasteiger partial charge is 0.153 e. The van der Waals surface area contributed by atoms with E-state index in [2.05, 4.69) is 15.9 Å². The van der Waals surface area contributed by atoms with Crippen molar-refractivity contribution in [1.29, 1.82) is 0 Å². The van der Waals surface area contributed by atoms with Gasteiger partial charge in [-0.1, -0.05) is 6.07 Å². The second-order valence-electron chi connectivity index (χ2n) is 2.31. The van der Waals surface area contributed by atoms with Gasteiger partial charge in [-0.25, -0.2) is 4.39 Å². The van der Waals surface area contributed by atoms with Gasteiger partial charge in [-0.15, -0.1) is 0 Å². The zero-order valence-corrected chi connectivity index (χ0v) is 8.38. The predicted octanol–water partition coefficient (Wildman–Crippen LogP) is 2.61. The van der Waals surface area contributed by atoms with Crippen LogP contribution in [0.4, 0.5) is 4.39 Å². The Labute approximate surface area is 83.8 Å². The third-order valence-electron chi connectivity index (χ3n) is 1.45. The van der Waals surface area contributed by atoms with Crippen LogP contribution in [0.1, 0.15) is 10.4 Å². The van der Waals surface area contributed by atoms with Crippen molar-refractivity contribution >= 4 is 22.2 Å². The molecule has 0 saturated heterocycles. The van der Waals surface area contributed by atoms with E-state index in [0.717, 1.165) is 0 Å². The number of hydrogen-bond donors (Lipinski definition) is 0. The Hall–Kier alpha value is -0.900. The van der Waals surface area contributed by atoms with E-state index in [-0.39, 0.29) is 6.61 Å². The molecule has 0 aliphatic rings. The molecule has 0 aromatic heterocycles. The number of alkyl halides is 1. The minimum Gasteiger partial charge on any atom is -0.489 e. The van der Waals surface area contributed by atoms with Crippen LogP contribution >= 0.6 is 15.9 Å². The number of ether oxygens (including phenoxy) is 1. The fourth-order valence-electron chi connectivity index (χ4n) is 0.911. The number of para-hydroxylation sites is 1. The minimum absolute atomic E-state index is 0.0382. The van der Waals surface area contributed by atoms with E-state index in [4.69, 9.17) is 4.74 Å². The quantitative estimate of drug-likeness (QED) is 0.764. The Morgan fingerprint density at radius 1 is 1.54 bits per heavy atom. The van der Waals surface area contributed by atoms with E-state index in [1.165, 1.54) is 0 Å². The van der Waals surface area contributed by atoms with E-state index in [0.29, 0.717) is 22.1 Å². The highest BCUT2D eigenvalue weighted by Crippen LogP contribution is 2.27. The van der Waals surface area contributed by atoms with Gasteiger partial charge in [0.2, 0.25) is 0 Å². The second kappa shape index (κ2) is 4.97. The third-order valence-corrected chi connectivity index (χ3v) is 2.07. The molecule has 70 valence electrons. The molecule has 0 aliphatic carbocycles. The van der Waals surface area contributed by atoms with Gasteiger partial charge < -0.3 is 4.74 Å². The fourth-order valence-corrected chi connectivity index (χ4v) is 1.41. The number of hydrogen-bond acceptors (Lipinski definition) is 2. The van der Waals surface area contributed by atoms with Gasteiger partial charge >= 0.3 is 0 Å². The zero-order valence-electron chi connectivity index (χ0n) is 6.80. The minimum atomic E-state index is -0.570. The lowest BCUT2D eigenvalue weighted by molar-refractivity contribution is 0.111. The van der Waals surface area contributed by atoms with E-state index in [1.807, 2.05) is 0 Å². The summed E-state index contributed by atoms with van der Waals surface area (Å²) in [6, 6.07) is 5.07. The molecule has 0 heterocycles. The molecule has 1 rings (SSSR count). The molecular weight excluding hydrogens is 239 g/mol. The standard InChI is InChI=1S/C9H8BrFO2/c10-8-3-1-2-7(6-12)9(8)13-5-4-11/h1-3,6H,4-5H2. The number of benzene rings is 1. The molecule has 0 N–H and O–H groups in total. The molecule has 0 fully saturated rings. The lowest BCUT2D eigenvalue weighted by atomic mass is 10.2. The second-order valence-corrected chi connectivity index (χ2v) is 3.17. The molecular formula is C9H8BrFO2. The third kappa shape index (κ3) is 2.52. The molecule has 2 nitrogen and oxygen atoms in total. The Morgan fingerprint density at radius 3 is 2.92 bits per heavy atom. The van der Waals surface area contributed by atoms with E-state index in [9.17, 15) is 9.18 Å². The van der Waals surface area contributed by atoms with Gasteiger partial charge in [0, 0.05) is 0 Å². The molecule has 1 aromatic rings. The molecule has 0 unspecified atom stereocenters. The van der Waals surface area contributed by atoms with Gasteiger partial charge in [-0.2, -0.15) is 0 Å². The number of carbonyl (C=O) groups excluding carboxylic acids is 1. The number of carbonyl (C=O) groups is 1. The molecule has 0 spiro atoms. The van der Waals surface area contributed by atoms with Gasteiger partial charge in [0.1, 0.15) is 19.0 Å². The van der Waals surface area contributed by atoms with Crippen LogP contribution in [0.3, 0.4) is 0 Å². The first-order chi connectivity index (χ1) is 6.29. The molecule has 0 amide bonds. The van der Waals surface area contributed by atoms with Crippen LogP contribution in [0.5, 0.6) is 5.75 Å². The maximum atomic E-state index is 11.8. The summed E-state index contributed by atoms with van der Waals surface area (Å²) in [6.45, 7) is -0.608. The average molecular weight is 247 g/mol. The van der Waals surface area contributed by atoms with Crippen LogP contribution in [0.15, 0.2) is 22.7 Å². The van der Waals surface area contributed by atoms with Gasteiger partial charge in [0.15, 0.2) is 6.29 Å². The van der Waals surface area contributed by atoms with Crippen LogP contribution in [-0.2, 0) is 0 Å². The average Bonchev–Trinajstić information content (AvgIpc) is 2.15. The number of aldehydes is 1. The van der Waals surface area contributed by atoms with Crippen molar-refractivity contribution in [3.63, 3.8) is 0 Å². The summed E-state index contributed by atoms with van der Waals surface area (Å²) in [7, 11) is 0. The maximum Gasteiger partial charge on any atom is 0.153 e. The van der Waals surface area contributed by atoms with Crippen molar-refractivity contribution in [3.05, 3.63) is 28.2 Å². The molecule has 1 aromatic carbocycles. The van der Waals surface area contributed by atoms with Crippen molar-refractivity contribution in [2.75, 3.05) is 13.3 Å². The van der Waals surface area contributed by atoms with Crippen LogP contribution in [0.2, 0.25) is 0 Å². The van der Waals surface area contributed by atoms with Crippen LogP contribution in [-0.4, -0.2) is 19.6 Å².